The fourth-order valence-electron chi connectivity index (χ4n) is 3.27. The van der Waals surface area contributed by atoms with E-state index in [2.05, 4.69) is 5.32 Å². The smallest absolute Gasteiger partial charge is 0.329 e. The second-order valence-electron chi connectivity index (χ2n) is 6.21. The van der Waals surface area contributed by atoms with Crippen LogP contribution in [-0.4, -0.2) is 29.3 Å². The number of carbonyl (C=O) groups excluding carboxylic acids is 1. The van der Waals surface area contributed by atoms with E-state index < -0.39 is 11.5 Å². The predicted octanol–water partition coefficient (Wildman–Crippen LogP) is 2.25. The minimum Gasteiger partial charge on any atom is -0.480 e. The zero-order valence-electron chi connectivity index (χ0n) is 13.0. The van der Waals surface area contributed by atoms with Crippen LogP contribution in [0.25, 0.3) is 0 Å². The summed E-state index contributed by atoms with van der Waals surface area (Å²) in [6, 6.07) is 5.33. The molecule has 0 aromatic heterocycles. The first-order valence-electron chi connectivity index (χ1n) is 8.02. The largest absolute Gasteiger partial charge is 0.480 e. The Bertz CT molecular complexity index is 605. The van der Waals surface area contributed by atoms with E-state index >= 15 is 0 Å². The first kappa shape index (κ1) is 15.6. The summed E-state index contributed by atoms with van der Waals surface area (Å²) in [7, 11) is 0. The Morgan fingerprint density at radius 1 is 1.09 bits per heavy atom. The third-order valence-corrected chi connectivity index (χ3v) is 4.55. The highest BCUT2D eigenvalue weighted by Crippen LogP contribution is 2.33. The molecule has 2 aliphatic rings. The molecule has 6 nitrogen and oxygen atoms in total. The average molecular weight is 319 g/mol. The lowest BCUT2D eigenvalue weighted by molar-refractivity contribution is -0.148. The standard InChI is InChI=1S/C17H21NO5/c19-15(10-12-5-6-13-14(9-12)23-11-22-13)18-17(16(20)21)7-3-1-2-4-8-17/h5-6,9H,1-4,7-8,10-11H2,(H,18,19)(H,20,21). The third kappa shape index (κ3) is 3.41. The van der Waals surface area contributed by atoms with Gasteiger partial charge < -0.3 is 19.9 Å². The monoisotopic (exact) mass is 319 g/mol. The highest BCUT2D eigenvalue weighted by atomic mass is 16.7. The number of ether oxygens (including phenoxy) is 2. The van der Waals surface area contributed by atoms with E-state index in [9.17, 15) is 14.7 Å². The highest BCUT2D eigenvalue weighted by molar-refractivity contribution is 5.88. The maximum absolute atomic E-state index is 12.4. The fraction of sp³-hybridized carbons (Fsp3) is 0.529. The molecule has 1 aromatic rings. The summed E-state index contributed by atoms with van der Waals surface area (Å²) in [5.41, 5.74) is -0.342. The molecule has 0 radical (unpaired) electrons. The molecule has 1 saturated carbocycles. The number of carbonyl (C=O) groups is 2. The normalized spacial score (nSPS) is 19.0. The number of hydrogen-bond acceptors (Lipinski definition) is 4. The Labute approximate surface area is 134 Å². The number of aliphatic carboxylic acids is 1. The highest BCUT2D eigenvalue weighted by Gasteiger charge is 2.39. The topological polar surface area (TPSA) is 84.9 Å². The Kier molecular flexibility index (Phi) is 4.41. The van der Waals surface area contributed by atoms with Gasteiger partial charge in [0, 0.05) is 0 Å². The van der Waals surface area contributed by atoms with Crippen molar-refractivity contribution in [1.82, 2.24) is 5.32 Å². The van der Waals surface area contributed by atoms with E-state index in [1.54, 1.807) is 18.2 Å². The van der Waals surface area contributed by atoms with Crippen LogP contribution in [-0.2, 0) is 16.0 Å². The summed E-state index contributed by atoms with van der Waals surface area (Å²) >= 11 is 0. The molecular formula is C17H21NO5. The van der Waals surface area contributed by atoms with E-state index in [-0.39, 0.29) is 19.1 Å². The van der Waals surface area contributed by atoms with Crippen LogP contribution in [0.2, 0.25) is 0 Å². The van der Waals surface area contributed by atoms with Crippen molar-refractivity contribution in [3.8, 4) is 11.5 Å². The summed E-state index contributed by atoms with van der Waals surface area (Å²) in [5.74, 6) is 0.0873. The van der Waals surface area contributed by atoms with Crippen LogP contribution in [0.4, 0.5) is 0 Å². The molecule has 0 saturated heterocycles. The number of carboxylic acid groups (broad SMARTS) is 1. The summed E-state index contributed by atoms with van der Waals surface area (Å²) < 4.78 is 10.5. The molecular weight excluding hydrogens is 298 g/mol. The van der Waals surface area contributed by atoms with Crippen molar-refractivity contribution in [2.24, 2.45) is 0 Å². The number of carboxylic acids is 1. The number of benzene rings is 1. The molecule has 6 heteroatoms. The van der Waals surface area contributed by atoms with Crippen LogP contribution >= 0.6 is 0 Å². The first-order chi connectivity index (χ1) is 11.1. The number of fused-ring (bicyclic) bond motifs is 1. The molecule has 0 bridgehead atoms. The second kappa shape index (κ2) is 6.48. The second-order valence-corrected chi connectivity index (χ2v) is 6.21. The van der Waals surface area contributed by atoms with Crippen molar-refractivity contribution in [3.63, 3.8) is 0 Å². The van der Waals surface area contributed by atoms with E-state index in [0.29, 0.717) is 24.3 Å². The molecule has 0 atom stereocenters. The molecule has 0 spiro atoms. The van der Waals surface area contributed by atoms with Crippen LogP contribution in [0, 0.1) is 0 Å². The van der Waals surface area contributed by atoms with Crippen molar-refractivity contribution < 1.29 is 24.2 Å². The van der Waals surface area contributed by atoms with Crippen LogP contribution in [0.15, 0.2) is 18.2 Å². The first-order valence-corrected chi connectivity index (χ1v) is 8.02. The van der Waals surface area contributed by atoms with E-state index in [4.69, 9.17) is 9.47 Å². The third-order valence-electron chi connectivity index (χ3n) is 4.55. The van der Waals surface area contributed by atoms with E-state index in [1.165, 1.54) is 0 Å². The lowest BCUT2D eigenvalue weighted by Gasteiger charge is -2.29. The van der Waals surface area contributed by atoms with Gasteiger partial charge in [0.2, 0.25) is 12.7 Å². The van der Waals surface area contributed by atoms with Gasteiger partial charge in [-0.05, 0) is 30.5 Å². The van der Waals surface area contributed by atoms with Gasteiger partial charge in [-0.1, -0.05) is 31.7 Å². The maximum atomic E-state index is 12.4. The molecule has 124 valence electrons. The van der Waals surface area contributed by atoms with Crippen molar-refractivity contribution in [1.29, 1.82) is 0 Å². The minimum absolute atomic E-state index is 0.131. The number of hydrogen-bond donors (Lipinski definition) is 2. The lowest BCUT2D eigenvalue weighted by atomic mass is 9.90. The summed E-state index contributed by atoms with van der Waals surface area (Å²) in [4.78, 5) is 24.1. The van der Waals surface area contributed by atoms with Gasteiger partial charge in [-0.25, -0.2) is 4.79 Å². The molecule has 1 heterocycles. The predicted molar refractivity (Wildman–Crippen MR) is 82.5 cm³/mol. The van der Waals surface area contributed by atoms with Crippen molar-refractivity contribution in [3.05, 3.63) is 23.8 Å². The van der Waals surface area contributed by atoms with Gasteiger partial charge in [-0.3, -0.25) is 4.79 Å². The van der Waals surface area contributed by atoms with Crippen LogP contribution in [0.1, 0.15) is 44.1 Å². The van der Waals surface area contributed by atoms with Gasteiger partial charge in [0.1, 0.15) is 5.54 Å². The van der Waals surface area contributed by atoms with Crippen molar-refractivity contribution in [2.75, 3.05) is 6.79 Å². The van der Waals surface area contributed by atoms with E-state index in [0.717, 1.165) is 31.2 Å². The molecule has 2 N–H and O–H groups in total. The molecule has 1 aliphatic heterocycles. The minimum atomic E-state index is -1.12. The maximum Gasteiger partial charge on any atom is 0.329 e. The Morgan fingerprint density at radius 3 is 2.48 bits per heavy atom. The Morgan fingerprint density at radius 2 is 1.78 bits per heavy atom. The quantitative estimate of drug-likeness (QED) is 0.832. The lowest BCUT2D eigenvalue weighted by Crippen LogP contribution is -2.54. The zero-order valence-corrected chi connectivity index (χ0v) is 13.0. The SMILES string of the molecule is O=C(Cc1ccc2c(c1)OCO2)NC1(C(=O)O)CCCCCC1. The summed E-state index contributed by atoms with van der Waals surface area (Å²) in [6.07, 6.45) is 4.82. The van der Waals surface area contributed by atoms with Crippen molar-refractivity contribution >= 4 is 11.9 Å². The summed E-state index contributed by atoms with van der Waals surface area (Å²) in [5, 5.41) is 12.4. The molecule has 1 amide bonds. The molecule has 3 rings (SSSR count). The van der Waals surface area contributed by atoms with E-state index in [1.807, 2.05) is 0 Å². The average Bonchev–Trinajstić information content (AvgIpc) is 2.84. The molecule has 1 aliphatic carbocycles. The Balaban J connectivity index is 1.68. The summed E-state index contributed by atoms with van der Waals surface area (Å²) in [6.45, 7) is 0.188. The number of amides is 1. The molecule has 0 unspecified atom stereocenters. The van der Waals surface area contributed by atoms with Crippen LogP contribution in [0.5, 0.6) is 11.5 Å². The molecule has 1 fully saturated rings. The van der Waals surface area contributed by atoms with Gasteiger partial charge >= 0.3 is 5.97 Å². The molecule has 1 aromatic carbocycles. The van der Waals surface area contributed by atoms with Crippen LogP contribution in [0.3, 0.4) is 0 Å². The van der Waals surface area contributed by atoms with Gasteiger partial charge in [-0.2, -0.15) is 0 Å². The van der Waals surface area contributed by atoms with Crippen molar-refractivity contribution in [2.45, 2.75) is 50.5 Å². The number of nitrogens with one attached hydrogen (secondary N) is 1. The van der Waals surface area contributed by atoms with Gasteiger partial charge in [-0.15, -0.1) is 0 Å². The number of rotatable bonds is 4. The Hall–Kier alpha value is -2.24. The molecule has 23 heavy (non-hydrogen) atoms. The van der Waals surface area contributed by atoms with Gasteiger partial charge in [0.05, 0.1) is 6.42 Å². The van der Waals surface area contributed by atoms with Gasteiger partial charge in [0.25, 0.3) is 0 Å². The van der Waals surface area contributed by atoms with Crippen LogP contribution < -0.4 is 14.8 Å². The van der Waals surface area contributed by atoms with Gasteiger partial charge in [0.15, 0.2) is 11.5 Å². The fourth-order valence-corrected chi connectivity index (χ4v) is 3.27. The zero-order chi connectivity index (χ0) is 16.3.